The minimum atomic E-state index is -0.201. The molecule has 118 valence electrons. The zero-order valence-electron chi connectivity index (χ0n) is 12.9. The Hall–Kier alpha value is -0.680. The van der Waals surface area contributed by atoms with Crippen molar-refractivity contribution in [2.45, 2.75) is 57.9 Å². The van der Waals surface area contributed by atoms with E-state index >= 15 is 0 Å². The van der Waals surface area contributed by atoms with Crippen LogP contribution in [0.4, 0.5) is 5.69 Å². The molecule has 0 aromatic carbocycles. The summed E-state index contributed by atoms with van der Waals surface area (Å²) in [4.78, 5) is 12.2. The minimum absolute atomic E-state index is 0.201. The van der Waals surface area contributed by atoms with Gasteiger partial charge < -0.3 is 5.32 Å². The molecule has 1 saturated carbocycles. The number of hydrogen-bond donors (Lipinski definition) is 1. The second kappa shape index (κ2) is 7.54. The molecule has 2 atom stereocenters. The van der Waals surface area contributed by atoms with Crippen molar-refractivity contribution in [1.29, 1.82) is 0 Å². The highest BCUT2D eigenvalue weighted by atomic mass is 35.5. The maximum absolute atomic E-state index is 12.2. The fourth-order valence-electron chi connectivity index (χ4n) is 2.75. The predicted molar refractivity (Wildman–Crippen MR) is 91.5 cm³/mol. The molecular weight excluding hydrogens is 306 g/mol. The average molecular weight is 330 g/mol. The molecule has 1 N–H and O–H groups in total. The summed E-state index contributed by atoms with van der Waals surface area (Å²) in [6, 6.07) is 0.384. The van der Waals surface area contributed by atoms with Crippen LogP contribution in [0.5, 0.6) is 0 Å². The van der Waals surface area contributed by atoms with E-state index in [-0.39, 0.29) is 10.6 Å². The van der Waals surface area contributed by atoms with E-state index < -0.39 is 0 Å². The molecule has 1 aliphatic rings. The lowest BCUT2D eigenvalue weighted by molar-refractivity contribution is 0.464. The number of hydrogen-bond acceptors (Lipinski definition) is 4. The molecule has 1 aromatic heterocycles. The number of anilines is 1. The summed E-state index contributed by atoms with van der Waals surface area (Å²) >= 11 is 8.22. The molecule has 1 fully saturated rings. The van der Waals surface area contributed by atoms with Gasteiger partial charge in [-0.05, 0) is 24.5 Å². The number of nitrogens with one attached hydrogen (secondary N) is 1. The molecule has 0 bridgehead atoms. The topological polar surface area (TPSA) is 46.9 Å². The van der Waals surface area contributed by atoms with E-state index in [9.17, 15) is 4.79 Å². The van der Waals surface area contributed by atoms with Crippen molar-refractivity contribution in [2.24, 2.45) is 5.92 Å². The van der Waals surface area contributed by atoms with Crippen molar-refractivity contribution in [3.8, 4) is 0 Å². The van der Waals surface area contributed by atoms with Crippen LogP contribution in [0.15, 0.2) is 11.0 Å². The van der Waals surface area contributed by atoms with E-state index in [2.05, 4.69) is 31.2 Å². The van der Waals surface area contributed by atoms with Crippen molar-refractivity contribution in [1.82, 2.24) is 9.78 Å². The SMILES string of the molecule is CCSC1CCCC1Nc1cnn(CC(C)C)c(=O)c1Cl. The summed E-state index contributed by atoms with van der Waals surface area (Å²) < 4.78 is 1.45. The van der Waals surface area contributed by atoms with Gasteiger partial charge in [0.05, 0.1) is 11.9 Å². The Morgan fingerprint density at radius 3 is 2.95 bits per heavy atom. The number of rotatable bonds is 6. The number of thioether (sulfide) groups is 1. The lowest BCUT2D eigenvalue weighted by atomic mass is 10.2. The van der Waals surface area contributed by atoms with Crippen LogP contribution in [-0.4, -0.2) is 26.8 Å². The standard InChI is InChI=1S/C15H24ClN3OS/c1-4-21-13-7-5-6-11(13)18-12-8-17-19(9-10(2)3)15(20)14(12)16/h8,10-11,13,18H,4-7,9H2,1-3H3. The van der Waals surface area contributed by atoms with E-state index in [4.69, 9.17) is 11.6 Å². The Bertz CT molecular complexity index is 532. The molecule has 4 nitrogen and oxygen atoms in total. The lowest BCUT2D eigenvalue weighted by Gasteiger charge is -2.22. The first-order valence-electron chi connectivity index (χ1n) is 7.66. The van der Waals surface area contributed by atoms with Crippen molar-refractivity contribution in [2.75, 3.05) is 11.1 Å². The second-order valence-corrected chi connectivity index (χ2v) is 7.82. The molecule has 2 rings (SSSR count). The lowest BCUT2D eigenvalue weighted by Crippen LogP contribution is -2.30. The van der Waals surface area contributed by atoms with Crippen LogP contribution in [0.25, 0.3) is 0 Å². The molecule has 0 amide bonds. The van der Waals surface area contributed by atoms with Crippen LogP contribution in [0.1, 0.15) is 40.0 Å². The van der Waals surface area contributed by atoms with Crippen molar-refractivity contribution < 1.29 is 0 Å². The first-order chi connectivity index (χ1) is 10.0. The molecule has 1 aliphatic carbocycles. The molecule has 2 unspecified atom stereocenters. The van der Waals surface area contributed by atoms with Gasteiger partial charge in [-0.2, -0.15) is 16.9 Å². The summed E-state index contributed by atoms with van der Waals surface area (Å²) in [5.74, 6) is 1.48. The van der Waals surface area contributed by atoms with E-state index in [1.807, 2.05) is 11.8 Å². The Morgan fingerprint density at radius 1 is 1.52 bits per heavy atom. The van der Waals surface area contributed by atoms with Crippen molar-refractivity contribution >= 4 is 29.1 Å². The normalized spacial score (nSPS) is 22.0. The number of halogens is 1. The highest BCUT2D eigenvalue weighted by Crippen LogP contribution is 2.32. The monoisotopic (exact) mass is 329 g/mol. The molecule has 0 spiro atoms. The smallest absolute Gasteiger partial charge is 0.287 e. The second-order valence-electron chi connectivity index (χ2n) is 5.93. The Balaban J connectivity index is 2.14. The van der Waals surface area contributed by atoms with E-state index in [1.165, 1.54) is 17.5 Å². The Kier molecular flexibility index (Phi) is 5.99. The number of aromatic nitrogens is 2. The predicted octanol–water partition coefficient (Wildman–Crippen LogP) is 3.64. The largest absolute Gasteiger partial charge is 0.379 e. The van der Waals surface area contributed by atoms with Gasteiger partial charge in [-0.25, -0.2) is 4.68 Å². The van der Waals surface area contributed by atoms with Crippen LogP contribution in [0.3, 0.4) is 0 Å². The quantitative estimate of drug-likeness (QED) is 0.865. The van der Waals surface area contributed by atoms with Gasteiger partial charge in [0.25, 0.3) is 5.56 Å². The van der Waals surface area contributed by atoms with E-state index in [1.54, 1.807) is 6.20 Å². The molecule has 0 radical (unpaired) electrons. The Labute approximate surface area is 135 Å². The average Bonchev–Trinajstić information content (AvgIpc) is 2.86. The fourth-order valence-corrected chi connectivity index (χ4v) is 4.14. The van der Waals surface area contributed by atoms with Gasteiger partial charge in [0.1, 0.15) is 5.02 Å². The van der Waals surface area contributed by atoms with Crippen LogP contribution >= 0.6 is 23.4 Å². The summed E-state index contributed by atoms with van der Waals surface area (Å²) in [5.41, 5.74) is 0.475. The first kappa shape index (κ1) is 16.7. The third-order valence-electron chi connectivity index (χ3n) is 3.70. The fraction of sp³-hybridized carbons (Fsp3) is 0.733. The summed E-state index contributed by atoms with van der Waals surface area (Å²) in [6.07, 6.45) is 5.28. The van der Waals surface area contributed by atoms with Crippen LogP contribution < -0.4 is 10.9 Å². The zero-order valence-corrected chi connectivity index (χ0v) is 14.5. The molecule has 1 aromatic rings. The van der Waals surface area contributed by atoms with Gasteiger partial charge in [0.15, 0.2) is 0 Å². The van der Waals surface area contributed by atoms with Gasteiger partial charge in [-0.1, -0.05) is 38.8 Å². The van der Waals surface area contributed by atoms with Crippen LogP contribution in [-0.2, 0) is 6.54 Å². The highest BCUT2D eigenvalue weighted by molar-refractivity contribution is 7.99. The molecule has 0 aliphatic heterocycles. The summed E-state index contributed by atoms with van der Waals surface area (Å²) in [7, 11) is 0. The highest BCUT2D eigenvalue weighted by Gasteiger charge is 2.28. The molecular formula is C15H24ClN3OS. The van der Waals surface area contributed by atoms with Gasteiger partial charge in [0, 0.05) is 17.8 Å². The van der Waals surface area contributed by atoms with Gasteiger partial charge in [-0.15, -0.1) is 0 Å². The van der Waals surface area contributed by atoms with Crippen molar-refractivity contribution in [3.63, 3.8) is 0 Å². The maximum atomic E-state index is 12.2. The van der Waals surface area contributed by atoms with Crippen LogP contribution in [0, 0.1) is 5.92 Å². The molecule has 0 saturated heterocycles. The first-order valence-corrected chi connectivity index (χ1v) is 9.09. The zero-order chi connectivity index (χ0) is 15.4. The number of nitrogens with zero attached hydrogens (tertiary/aromatic N) is 2. The molecule has 6 heteroatoms. The van der Waals surface area contributed by atoms with Gasteiger partial charge >= 0.3 is 0 Å². The maximum Gasteiger partial charge on any atom is 0.287 e. The van der Waals surface area contributed by atoms with Crippen LogP contribution in [0.2, 0.25) is 5.02 Å². The van der Waals surface area contributed by atoms with Gasteiger partial charge in [-0.3, -0.25) is 4.79 Å². The Morgan fingerprint density at radius 2 is 2.29 bits per heavy atom. The minimum Gasteiger partial charge on any atom is -0.379 e. The molecule has 1 heterocycles. The third kappa shape index (κ3) is 4.16. The third-order valence-corrected chi connectivity index (χ3v) is 5.39. The van der Waals surface area contributed by atoms with E-state index in [0.29, 0.717) is 29.4 Å². The van der Waals surface area contributed by atoms with E-state index in [0.717, 1.165) is 12.2 Å². The molecule has 21 heavy (non-hydrogen) atoms. The van der Waals surface area contributed by atoms with Crippen molar-refractivity contribution in [3.05, 3.63) is 21.6 Å². The summed E-state index contributed by atoms with van der Waals surface area (Å²) in [6.45, 7) is 6.89. The summed E-state index contributed by atoms with van der Waals surface area (Å²) in [5, 5.41) is 8.54. The van der Waals surface area contributed by atoms with Gasteiger partial charge in [0.2, 0.25) is 0 Å².